The summed E-state index contributed by atoms with van der Waals surface area (Å²) in [7, 11) is 0. The lowest BCUT2D eigenvalue weighted by Gasteiger charge is -2.23. The number of alkyl carbamates (subject to hydrolysis) is 1. The van der Waals surface area contributed by atoms with Gasteiger partial charge in [0, 0.05) is 38.6 Å². The topological polar surface area (TPSA) is 83.8 Å². The van der Waals surface area contributed by atoms with E-state index in [2.05, 4.69) is 51.7 Å². The van der Waals surface area contributed by atoms with Crippen LogP contribution in [0.15, 0.2) is 48.0 Å². The van der Waals surface area contributed by atoms with Crippen LogP contribution in [0.2, 0.25) is 0 Å². The molecule has 2 aromatic rings. The summed E-state index contributed by atoms with van der Waals surface area (Å²) >= 11 is 0. The number of imidazole rings is 1. The van der Waals surface area contributed by atoms with Gasteiger partial charge in [0.2, 0.25) is 0 Å². The van der Waals surface area contributed by atoms with Crippen LogP contribution in [0.1, 0.15) is 45.2 Å². The van der Waals surface area contributed by atoms with E-state index >= 15 is 0 Å². The third kappa shape index (κ3) is 7.31. The first-order valence-electron chi connectivity index (χ1n) is 10.9. The van der Waals surface area contributed by atoms with Crippen molar-refractivity contribution in [1.82, 2.24) is 25.1 Å². The molecule has 31 heavy (non-hydrogen) atoms. The highest BCUT2D eigenvalue weighted by Gasteiger charge is 2.27. The smallest absolute Gasteiger partial charge is 0.407 e. The lowest BCUT2D eigenvalue weighted by Crippen LogP contribution is -2.44. The second-order valence-corrected chi connectivity index (χ2v) is 8.80. The predicted octanol–water partition coefficient (Wildman–Crippen LogP) is 3.00. The Kier molecular flexibility index (Phi) is 7.55. The number of hydrogen-bond donors (Lipinski definition) is 2. The van der Waals surface area contributed by atoms with Crippen LogP contribution in [0.4, 0.5) is 4.79 Å². The number of aromatic nitrogens is 2. The van der Waals surface area contributed by atoms with Gasteiger partial charge in [-0.25, -0.2) is 14.8 Å². The molecule has 1 amide bonds. The number of carbonyl (C=O) groups is 1. The molecule has 3 rings (SSSR count). The van der Waals surface area contributed by atoms with Crippen molar-refractivity contribution in [2.45, 2.75) is 58.8 Å². The Morgan fingerprint density at radius 1 is 1.26 bits per heavy atom. The molecule has 1 atom stereocenters. The lowest BCUT2D eigenvalue weighted by molar-refractivity contribution is 0.0507. The average Bonchev–Trinajstić information content (AvgIpc) is 3.37. The summed E-state index contributed by atoms with van der Waals surface area (Å²) in [5.74, 6) is 0.874. The van der Waals surface area contributed by atoms with Crippen molar-refractivity contribution in [2.24, 2.45) is 4.99 Å². The molecule has 8 heteroatoms. The number of likely N-dealkylation sites (tertiary alicyclic amines) is 1. The van der Waals surface area contributed by atoms with Crippen molar-refractivity contribution >= 4 is 12.1 Å². The number of benzene rings is 1. The Balaban J connectivity index is 1.54. The molecule has 1 aliphatic rings. The van der Waals surface area contributed by atoms with Gasteiger partial charge in [-0.3, -0.25) is 0 Å². The molecule has 168 valence electrons. The highest BCUT2D eigenvalue weighted by atomic mass is 16.6. The van der Waals surface area contributed by atoms with Gasteiger partial charge in [-0.1, -0.05) is 24.3 Å². The summed E-state index contributed by atoms with van der Waals surface area (Å²) in [6.45, 7) is 11.4. The first kappa shape index (κ1) is 22.7. The molecule has 1 saturated heterocycles. The number of nitrogens with zero attached hydrogens (tertiary/aromatic N) is 4. The van der Waals surface area contributed by atoms with E-state index in [1.807, 2.05) is 37.9 Å². The first-order chi connectivity index (χ1) is 14.8. The average molecular weight is 427 g/mol. The second-order valence-electron chi connectivity index (χ2n) is 8.80. The van der Waals surface area contributed by atoms with Crippen LogP contribution in [-0.2, 0) is 17.8 Å². The number of aliphatic imine (C=N–C) groups is 1. The summed E-state index contributed by atoms with van der Waals surface area (Å²) in [5, 5.41) is 6.34. The maximum Gasteiger partial charge on any atom is 0.407 e. The fourth-order valence-corrected chi connectivity index (χ4v) is 3.48. The van der Waals surface area contributed by atoms with Gasteiger partial charge < -0.3 is 24.8 Å². The number of ether oxygens (including phenoxy) is 1. The fraction of sp³-hybridized carbons (Fsp3) is 0.522. The van der Waals surface area contributed by atoms with E-state index in [1.54, 1.807) is 6.20 Å². The maximum absolute atomic E-state index is 12.1. The van der Waals surface area contributed by atoms with Crippen molar-refractivity contribution in [3.8, 4) is 0 Å². The van der Waals surface area contributed by atoms with Crippen LogP contribution in [-0.4, -0.2) is 57.8 Å². The molecule has 1 aromatic heterocycles. The van der Waals surface area contributed by atoms with Gasteiger partial charge in [-0.15, -0.1) is 0 Å². The van der Waals surface area contributed by atoms with Crippen LogP contribution >= 0.6 is 0 Å². The third-order valence-corrected chi connectivity index (χ3v) is 4.90. The van der Waals surface area contributed by atoms with E-state index in [0.717, 1.165) is 44.1 Å². The SMILES string of the molecule is CCNC(=NCc1ccc(Cn2ccnc2)cc1)N1CCC(NC(=O)OC(C)(C)C)C1. The summed E-state index contributed by atoms with van der Waals surface area (Å²) < 4.78 is 7.42. The highest BCUT2D eigenvalue weighted by Crippen LogP contribution is 2.13. The van der Waals surface area contributed by atoms with Gasteiger partial charge in [-0.2, -0.15) is 0 Å². The third-order valence-electron chi connectivity index (χ3n) is 4.90. The molecule has 0 aliphatic carbocycles. The van der Waals surface area contributed by atoms with E-state index in [4.69, 9.17) is 9.73 Å². The monoisotopic (exact) mass is 426 g/mol. The Bertz CT molecular complexity index is 855. The molecule has 0 bridgehead atoms. The quantitative estimate of drug-likeness (QED) is 0.548. The summed E-state index contributed by atoms with van der Waals surface area (Å²) in [6, 6.07) is 8.57. The molecule has 0 radical (unpaired) electrons. The molecule has 0 saturated carbocycles. The van der Waals surface area contributed by atoms with Gasteiger partial charge in [0.05, 0.1) is 18.9 Å². The van der Waals surface area contributed by atoms with Crippen molar-refractivity contribution in [1.29, 1.82) is 0 Å². The number of amides is 1. The molecule has 8 nitrogen and oxygen atoms in total. The molecule has 2 heterocycles. The maximum atomic E-state index is 12.1. The number of hydrogen-bond acceptors (Lipinski definition) is 4. The van der Waals surface area contributed by atoms with Crippen molar-refractivity contribution in [2.75, 3.05) is 19.6 Å². The van der Waals surface area contributed by atoms with E-state index in [1.165, 1.54) is 5.56 Å². The zero-order valence-electron chi connectivity index (χ0n) is 19.0. The molecule has 1 fully saturated rings. The normalized spacial score (nSPS) is 17.0. The van der Waals surface area contributed by atoms with Crippen LogP contribution in [0.25, 0.3) is 0 Å². The number of guanidine groups is 1. The summed E-state index contributed by atoms with van der Waals surface area (Å²) in [5.41, 5.74) is 1.90. The van der Waals surface area contributed by atoms with Crippen molar-refractivity contribution in [3.63, 3.8) is 0 Å². The first-order valence-corrected chi connectivity index (χ1v) is 10.9. The van der Waals surface area contributed by atoms with Crippen LogP contribution < -0.4 is 10.6 Å². The Labute approximate surface area is 184 Å². The molecular formula is C23H34N6O2. The minimum Gasteiger partial charge on any atom is -0.444 e. The zero-order valence-corrected chi connectivity index (χ0v) is 19.0. The minimum atomic E-state index is -0.493. The van der Waals surface area contributed by atoms with Crippen molar-refractivity contribution < 1.29 is 9.53 Å². The van der Waals surface area contributed by atoms with E-state index in [0.29, 0.717) is 6.54 Å². The molecule has 2 N–H and O–H groups in total. The zero-order chi connectivity index (χ0) is 22.3. The van der Waals surface area contributed by atoms with Gasteiger partial charge in [-0.05, 0) is 45.2 Å². The minimum absolute atomic E-state index is 0.0566. The molecule has 1 unspecified atom stereocenters. The summed E-state index contributed by atoms with van der Waals surface area (Å²) in [6.07, 6.45) is 6.07. The number of rotatable bonds is 6. The standard InChI is InChI=1S/C23H34N6O2/c1-5-25-21(29-12-10-20(16-29)27-22(30)31-23(2,3)4)26-14-18-6-8-19(9-7-18)15-28-13-11-24-17-28/h6-9,11,13,17,20H,5,10,12,14-16H2,1-4H3,(H,25,26)(H,27,30). The fourth-order valence-electron chi connectivity index (χ4n) is 3.48. The van der Waals surface area contributed by atoms with Gasteiger partial charge in [0.15, 0.2) is 5.96 Å². The summed E-state index contributed by atoms with van der Waals surface area (Å²) in [4.78, 5) is 23.1. The van der Waals surface area contributed by atoms with Gasteiger partial charge >= 0.3 is 6.09 Å². The lowest BCUT2D eigenvalue weighted by atomic mass is 10.1. The van der Waals surface area contributed by atoms with Crippen LogP contribution in [0, 0.1) is 0 Å². The van der Waals surface area contributed by atoms with E-state index in [9.17, 15) is 4.79 Å². The van der Waals surface area contributed by atoms with Crippen LogP contribution in [0.5, 0.6) is 0 Å². The number of carbonyl (C=O) groups excluding carboxylic acids is 1. The van der Waals surface area contributed by atoms with Crippen molar-refractivity contribution in [3.05, 3.63) is 54.1 Å². The largest absolute Gasteiger partial charge is 0.444 e. The Hall–Kier alpha value is -3.03. The number of nitrogens with one attached hydrogen (secondary N) is 2. The van der Waals surface area contributed by atoms with Gasteiger partial charge in [0.1, 0.15) is 5.60 Å². The van der Waals surface area contributed by atoms with Crippen LogP contribution in [0.3, 0.4) is 0 Å². The predicted molar refractivity (Wildman–Crippen MR) is 122 cm³/mol. The molecule has 1 aliphatic heterocycles. The Morgan fingerprint density at radius 2 is 2.00 bits per heavy atom. The van der Waals surface area contributed by atoms with E-state index < -0.39 is 5.60 Å². The molecule has 0 spiro atoms. The van der Waals surface area contributed by atoms with E-state index in [-0.39, 0.29) is 12.1 Å². The van der Waals surface area contributed by atoms with Gasteiger partial charge in [0.25, 0.3) is 0 Å². The molecular weight excluding hydrogens is 392 g/mol. The Morgan fingerprint density at radius 3 is 2.65 bits per heavy atom. The molecule has 1 aromatic carbocycles. The highest BCUT2D eigenvalue weighted by molar-refractivity contribution is 5.80. The second kappa shape index (κ2) is 10.3.